The monoisotopic (exact) mass is 1000 g/mol. The molecule has 7 aromatic rings. The molecule has 0 atom stereocenters. The van der Waals surface area contributed by atoms with Gasteiger partial charge in [-0.15, -0.1) is 0 Å². The molecule has 2 heterocycles. The molecular weight excluding hydrogens is 916 g/mol. The van der Waals surface area contributed by atoms with Crippen molar-refractivity contribution in [3.8, 4) is 22.3 Å². The summed E-state index contributed by atoms with van der Waals surface area (Å²) in [6.07, 6.45) is 20.2. The summed E-state index contributed by atoms with van der Waals surface area (Å²) in [5, 5.41) is 0. The van der Waals surface area contributed by atoms with Gasteiger partial charge in [0, 0.05) is 34.1 Å². The van der Waals surface area contributed by atoms with Gasteiger partial charge in [-0.3, -0.25) is 0 Å². The number of hydrogen-bond donors (Lipinski definition) is 0. The molecule has 0 aromatic heterocycles. The van der Waals surface area contributed by atoms with Crippen LogP contribution in [0, 0.1) is 6.92 Å². The van der Waals surface area contributed by atoms with E-state index < -0.39 is 0 Å². The Hall–Kier alpha value is -5.80. The standard InChI is InChI=1S/C73H85BN2/c1-48-38-67-69-68(39-48)76(60-42-55(50-26-31-57(32-27-50)70(2,3)4)40-56(43-60)51-28-33-58(34-29-51)71(5,6)7)66-47-62-61(72(8,9)36-37-73(62,10)11)46-64(66)74(69)63-44-53-24-20-16-13-17-21-25-54(53)45-65(63)75(67)59-35-30-49-22-18-14-12-15-19-23-52(49)41-59/h26-35,38-47H,12-25,36-37H2,1-11H3. The lowest BCUT2D eigenvalue weighted by Crippen LogP contribution is -2.62. The summed E-state index contributed by atoms with van der Waals surface area (Å²) in [6.45, 7) is 26.4. The molecule has 5 aliphatic rings. The third kappa shape index (κ3) is 9.28. The van der Waals surface area contributed by atoms with Crippen LogP contribution in [0.2, 0.25) is 0 Å². The van der Waals surface area contributed by atoms with Crippen molar-refractivity contribution in [3.05, 3.63) is 171 Å². The van der Waals surface area contributed by atoms with Crippen LogP contribution in [0.25, 0.3) is 22.3 Å². The van der Waals surface area contributed by atoms with E-state index in [1.807, 2.05) is 0 Å². The summed E-state index contributed by atoms with van der Waals surface area (Å²) < 4.78 is 0. The van der Waals surface area contributed by atoms with Crippen molar-refractivity contribution in [1.82, 2.24) is 0 Å². The van der Waals surface area contributed by atoms with Crippen LogP contribution in [0.1, 0.15) is 196 Å². The zero-order chi connectivity index (χ0) is 52.9. The Labute approximate surface area is 458 Å². The number of anilines is 6. The van der Waals surface area contributed by atoms with Gasteiger partial charge in [0.05, 0.1) is 0 Å². The summed E-state index contributed by atoms with van der Waals surface area (Å²) in [6, 6.07) is 50.0. The Bertz CT molecular complexity index is 3280. The predicted molar refractivity (Wildman–Crippen MR) is 330 cm³/mol. The van der Waals surface area contributed by atoms with Gasteiger partial charge in [0.25, 0.3) is 6.71 Å². The Balaban J connectivity index is 1.16. The molecule has 0 N–H and O–H groups in total. The Kier molecular flexibility index (Phi) is 12.9. The highest BCUT2D eigenvalue weighted by atomic mass is 15.2. The molecule has 76 heavy (non-hydrogen) atoms. The molecular formula is C73H85BN2. The van der Waals surface area contributed by atoms with Gasteiger partial charge in [-0.05, 0) is 236 Å². The summed E-state index contributed by atoms with van der Waals surface area (Å²) in [5.74, 6) is 0. The zero-order valence-electron chi connectivity index (χ0n) is 48.3. The van der Waals surface area contributed by atoms with E-state index in [2.05, 4.69) is 207 Å². The average molecular weight is 1000 g/mol. The quantitative estimate of drug-likeness (QED) is 0.162. The lowest BCUT2D eigenvalue weighted by molar-refractivity contribution is 0.332. The van der Waals surface area contributed by atoms with Gasteiger partial charge in [0.15, 0.2) is 0 Å². The van der Waals surface area contributed by atoms with Crippen molar-refractivity contribution in [2.24, 2.45) is 0 Å². The highest BCUT2D eigenvalue weighted by Gasteiger charge is 2.47. The van der Waals surface area contributed by atoms with Crippen molar-refractivity contribution in [3.63, 3.8) is 0 Å². The molecule has 7 aromatic carbocycles. The largest absolute Gasteiger partial charge is 0.311 e. The molecule has 3 aliphatic carbocycles. The van der Waals surface area contributed by atoms with Gasteiger partial charge in [0.1, 0.15) is 0 Å². The lowest BCUT2D eigenvalue weighted by Gasteiger charge is -2.47. The molecule has 3 heteroatoms. The zero-order valence-corrected chi connectivity index (χ0v) is 48.3. The molecule has 0 unspecified atom stereocenters. The smallest absolute Gasteiger partial charge is 0.252 e. The SMILES string of the molecule is Cc1cc2c3c(c1)N(c1cc(-c4ccc(C(C)(C)C)cc4)cc(-c4ccc(C(C)(C)C)cc4)c1)c1cc4c(cc1B3c1cc3c(cc1N2c1ccc2c(c1)CCCCCCC2)CCCCCCC3)C(C)(C)CCC4(C)C. The predicted octanol–water partition coefficient (Wildman–Crippen LogP) is 18.5. The van der Waals surface area contributed by atoms with E-state index in [1.165, 1.54) is 184 Å². The fourth-order valence-corrected chi connectivity index (χ4v) is 14.3. The van der Waals surface area contributed by atoms with Crippen molar-refractivity contribution < 1.29 is 0 Å². The van der Waals surface area contributed by atoms with E-state index in [0.717, 1.165) is 19.3 Å². The maximum absolute atomic E-state index is 2.75. The second-order valence-electron chi connectivity index (χ2n) is 27.6. The van der Waals surface area contributed by atoms with E-state index in [1.54, 1.807) is 22.3 Å². The molecule has 0 saturated heterocycles. The highest BCUT2D eigenvalue weighted by Crippen LogP contribution is 2.52. The van der Waals surface area contributed by atoms with Crippen LogP contribution < -0.4 is 26.2 Å². The van der Waals surface area contributed by atoms with Crippen LogP contribution in [0.5, 0.6) is 0 Å². The average Bonchev–Trinajstić information content (AvgIpc) is 3.70. The maximum Gasteiger partial charge on any atom is 0.252 e. The fraction of sp³-hybridized carbons (Fsp3) is 0.425. The number of rotatable bonds is 4. The normalized spacial score (nSPS) is 18.0. The van der Waals surface area contributed by atoms with Gasteiger partial charge >= 0.3 is 0 Å². The van der Waals surface area contributed by atoms with Gasteiger partial charge in [-0.2, -0.15) is 0 Å². The molecule has 0 bridgehead atoms. The molecule has 0 amide bonds. The van der Waals surface area contributed by atoms with Crippen LogP contribution in [0.15, 0.2) is 121 Å². The Morgan fingerprint density at radius 3 is 1.34 bits per heavy atom. The van der Waals surface area contributed by atoms with Gasteiger partial charge in [0.2, 0.25) is 0 Å². The summed E-state index contributed by atoms with van der Waals surface area (Å²) >= 11 is 0. The highest BCUT2D eigenvalue weighted by molar-refractivity contribution is 7.00. The Morgan fingerprint density at radius 1 is 0.382 bits per heavy atom. The molecule has 390 valence electrons. The van der Waals surface area contributed by atoms with E-state index in [0.29, 0.717) is 0 Å². The summed E-state index contributed by atoms with van der Waals surface area (Å²) in [7, 11) is 0. The van der Waals surface area contributed by atoms with Crippen molar-refractivity contribution >= 4 is 57.2 Å². The number of fused-ring (bicyclic) bond motifs is 7. The molecule has 12 rings (SSSR count). The van der Waals surface area contributed by atoms with Crippen LogP contribution in [-0.2, 0) is 47.3 Å². The molecule has 0 saturated carbocycles. The third-order valence-corrected chi connectivity index (χ3v) is 19.1. The summed E-state index contributed by atoms with van der Waals surface area (Å²) in [5.41, 5.74) is 30.9. The third-order valence-electron chi connectivity index (χ3n) is 19.1. The van der Waals surface area contributed by atoms with E-state index in [-0.39, 0.29) is 28.4 Å². The number of aryl methyl sites for hydroxylation is 5. The maximum atomic E-state index is 2.75. The number of benzene rings is 7. The van der Waals surface area contributed by atoms with Gasteiger partial charge in [-0.25, -0.2) is 0 Å². The molecule has 0 radical (unpaired) electrons. The lowest BCUT2D eigenvalue weighted by atomic mass is 9.33. The first-order chi connectivity index (χ1) is 36.3. The minimum absolute atomic E-state index is 0.0408. The van der Waals surface area contributed by atoms with Crippen LogP contribution in [-0.4, -0.2) is 6.71 Å². The topological polar surface area (TPSA) is 6.48 Å². The first-order valence-corrected chi connectivity index (χ1v) is 29.9. The van der Waals surface area contributed by atoms with Crippen LogP contribution in [0.4, 0.5) is 34.1 Å². The minimum atomic E-state index is 0.0408. The van der Waals surface area contributed by atoms with Gasteiger partial charge < -0.3 is 9.80 Å². The Morgan fingerprint density at radius 2 is 0.816 bits per heavy atom. The molecule has 2 nitrogen and oxygen atoms in total. The number of hydrogen-bond acceptors (Lipinski definition) is 2. The van der Waals surface area contributed by atoms with E-state index in [9.17, 15) is 0 Å². The first-order valence-electron chi connectivity index (χ1n) is 29.9. The van der Waals surface area contributed by atoms with Crippen molar-refractivity contribution in [2.45, 2.75) is 201 Å². The molecule has 0 fully saturated rings. The van der Waals surface area contributed by atoms with Crippen LogP contribution >= 0.6 is 0 Å². The van der Waals surface area contributed by atoms with E-state index >= 15 is 0 Å². The van der Waals surface area contributed by atoms with Crippen LogP contribution in [0.3, 0.4) is 0 Å². The second-order valence-corrected chi connectivity index (χ2v) is 27.6. The first kappa shape index (κ1) is 51.0. The molecule has 0 spiro atoms. The minimum Gasteiger partial charge on any atom is -0.311 e. The van der Waals surface area contributed by atoms with E-state index in [4.69, 9.17) is 0 Å². The molecule has 2 aliphatic heterocycles. The summed E-state index contributed by atoms with van der Waals surface area (Å²) in [4.78, 5) is 5.49. The van der Waals surface area contributed by atoms with Crippen molar-refractivity contribution in [1.29, 1.82) is 0 Å². The van der Waals surface area contributed by atoms with Gasteiger partial charge in [-0.1, -0.05) is 174 Å². The second kappa shape index (κ2) is 19.3. The number of nitrogens with zero attached hydrogens (tertiary/aromatic N) is 2. The fourth-order valence-electron chi connectivity index (χ4n) is 14.3. The van der Waals surface area contributed by atoms with Crippen molar-refractivity contribution in [2.75, 3.05) is 9.80 Å².